The van der Waals surface area contributed by atoms with Gasteiger partial charge in [-0.25, -0.2) is 8.42 Å². The van der Waals surface area contributed by atoms with Crippen LogP contribution in [0.1, 0.15) is 32.6 Å². The van der Waals surface area contributed by atoms with Crippen LogP contribution in [-0.4, -0.2) is 8.42 Å². The van der Waals surface area contributed by atoms with Gasteiger partial charge in [0.05, 0.1) is 11.2 Å². The van der Waals surface area contributed by atoms with Crippen molar-refractivity contribution in [1.82, 2.24) is 4.72 Å². The molecule has 0 saturated heterocycles. The highest BCUT2D eigenvalue weighted by atomic mass is 32.2. The Labute approximate surface area is 131 Å². The molecule has 2 aromatic rings. The molecule has 0 aliphatic rings. The van der Waals surface area contributed by atoms with Gasteiger partial charge in [0.25, 0.3) is 0 Å². The molecule has 1 aromatic heterocycles. The molecule has 0 aliphatic heterocycles. The first-order valence-corrected chi connectivity index (χ1v) is 8.71. The summed E-state index contributed by atoms with van der Waals surface area (Å²) in [6.45, 7) is 5.96. The quantitative estimate of drug-likeness (QED) is 0.821. The van der Waals surface area contributed by atoms with Crippen LogP contribution in [0.2, 0.25) is 0 Å². The molecule has 5 heteroatoms. The first kappa shape index (κ1) is 16.5. The van der Waals surface area contributed by atoms with E-state index in [1.54, 1.807) is 48.7 Å². The van der Waals surface area contributed by atoms with Gasteiger partial charge in [-0.15, -0.1) is 0 Å². The maximum Gasteiger partial charge on any atom is 0.241 e. The Balaban J connectivity index is 2.40. The van der Waals surface area contributed by atoms with Crippen molar-refractivity contribution in [3.05, 3.63) is 66.1 Å². The Morgan fingerprint density at radius 2 is 1.82 bits per heavy atom. The van der Waals surface area contributed by atoms with Gasteiger partial charge < -0.3 is 4.42 Å². The molecule has 0 fully saturated rings. The third kappa shape index (κ3) is 3.67. The van der Waals surface area contributed by atoms with Crippen molar-refractivity contribution in [1.29, 1.82) is 0 Å². The molecule has 1 aromatic carbocycles. The topological polar surface area (TPSA) is 59.3 Å². The second-order valence-electron chi connectivity index (χ2n) is 5.33. The maximum absolute atomic E-state index is 12.6. The monoisotopic (exact) mass is 319 g/mol. The van der Waals surface area contributed by atoms with Gasteiger partial charge in [0.2, 0.25) is 10.0 Å². The Morgan fingerprint density at radius 1 is 1.14 bits per heavy atom. The van der Waals surface area contributed by atoms with Crippen molar-refractivity contribution >= 4 is 10.0 Å². The fourth-order valence-electron chi connectivity index (χ4n) is 2.40. The largest absolute Gasteiger partial charge is 0.467 e. The van der Waals surface area contributed by atoms with Gasteiger partial charge in [-0.05, 0) is 42.7 Å². The van der Waals surface area contributed by atoms with Crippen LogP contribution in [0.5, 0.6) is 0 Å². The molecule has 1 N–H and O–H groups in total. The van der Waals surface area contributed by atoms with E-state index in [-0.39, 0.29) is 10.8 Å². The first-order valence-electron chi connectivity index (χ1n) is 7.22. The lowest BCUT2D eigenvalue weighted by molar-refractivity contribution is 0.453. The summed E-state index contributed by atoms with van der Waals surface area (Å²) < 4.78 is 33.4. The van der Waals surface area contributed by atoms with Gasteiger partial charge in [0.1, 0.15) is 11.8 Å². The number of hydrogen-bond donors (Lipinski definition) is 1. The highest BCUT2D eigenvalue weighted by molar-refractivity contribution is 7.89. The van der Waals surface area contributed by atoms with Crippen LogP contribution < -0.4 is 4.72 Å². The number of benzene rings is 1. The Morgan fingerprint density at radius 3 is 2.32 bits per heavy atom. The zero-order valence-electron chi connectivity index (χ0n) is 13.0. The van der Waals surface area contributed by atoms with Crippen LogP contribution in [0, 0.1) is 5.92 Å². The van der Waals surface area contributed by atoms with Gasteiger partial charge in [-0.3, -0.25) is 0 Å². The average Bonchev–Trinajstić information content (AvgIpc) is 3.01. The molecule has 0 amide bonds. The van der Waals surface area contributed by atoms with Gasteiger partial charge in [0, 0.05) is 0 Å². The summed E-state index contributed by atoms with van der Waals surface area (Å²) in [5, 5.41) is 0. The SMILES string of the molecule is C/C=C(\C(C)C)C(NS(=O)(=O)c1ccccc1)c1ccco1. The van der Waals surface area contributed by atoms with E-state index in [1.165, 1.54) is 0 Å². The second kappa shape index (κ2) is 6.94. The van der Waals surface area contributed by atoms with E-state index in [2.05, 4.69) is 4.72 Å². The van der Waals surface area contributed by atoms with Crippen molar-refractivity contribution < 1.29 is 12.8 Å². The number of hydrogen-bond acceptors (Lipinski definition) is 3. The van der Waals surface area contributed by atoms with Crippen molar-refractivity contribution in [3.8, 4) is 0 Å². The van der Waals surface area contributed by atoms with Crippen molar-refractivity contribution in [2.45, 2.75) is 31.7 Å². The van der Waals surface area contributed by atoms with Crippen molar-refractivity contribution in [2.24, 2.45) is 5.92 Å². The van der Waals surface area contributed by atoms with E-state index in [4.69, 9.17) is 4.42 Å². The fourth-order valence-corrected chi connectivity index (χ4v) is 3.62. The van der Waals surface area contributed by atoms with Gasteiger partial charge in [-0.1, -0.05) is 38.1 Å². The number of allylic oxidation sites excluding steroid dienone is 1. The van der Waals surface area contributed by atoms with Gasteiger partial charge in [-0.2, -0.15) is 4.72 Å². The molecule has 22 heavy (non-hydrogen) atoms. The predicted molar refractivity (Wildman–Crippen MR) is 86.8 cm³/mol. The molecule has 1 atom stereocenters. The predicted octanol–water partition coefficient (Wildman–Crippen LogP) is 3.90. The number of furan rings is 1. The molecule has 1 unspecified atom stereocenters. The minimum Gasteiger partial charge on any atom is -0.467 e. The molecule has 118 valence electrons. The van der Waals surface area contributed by atoms with Crippen molar-refractivity contribution in [3.63, 3.8) is 0 Å². The van der Waals surface area contributed by atoms with E-state index in [1.807, 2.05) is 26.8 Å². The molecule has 0 bridgehead atoms. The zero-order valence-corrected chi connectivity index (χ0v) is 13.8. The van der Waals surface area contributed by atoms with E-state index in [0.717, 1.165) is 5.57 Å². The Hall–Kier alpha value is -1.85. The smallest absolute Gasteiger partial charge is 0.241 e. The zero-order chi connectivity index (χ0) is 16.2. The number of rotatable bonds is 6. The third-order valence-corrected chi connectivity index (χ3v) is 4.93. The van der Waals surface area contributed by atoms with Crippen LogP contribution in [0.4, 0.5) is 0 Å². The summed E-state index contributed by atoms with van der Waals surface area (Å²) in [4.78, 5) is 0.241. The summed E-state index contributed by atoms with van der Waals surface area (Å²) >= 11 is 0. The molecule has 4 nitrogen and oxygen atoms in total. The van der Waals surface area contributed by atoms with Crippen LogP contribution >= 0.6 is 0 Å². The highest BCUT2D eigenvalue weighted by Crippen LogP contribution is 2.29. The summed E-state index contributed by atoms with van der Waals surface area (Å²) in [6, 6.07) is 11.4. The summed E-state index contributed by atoms with van der Waals surface area (Å²) in [6.07, 6.45) is 3.48. The summed E-state index contributed by atoms with van der Waals surface area (Å²) in [7, 11) is -3.62. The van der Waals surface area contributed by atoms with Crippen LogP contribution in [-0.2, 0) is 10.0 Å². The first-order chi connectivity index (χ1) is 10.5. The fraction of sp³-hybridized carbons (Fsp3) is 0.294. The lowest BCUT2D eigenvalue weighted by Crippen LogP contribution is -2.31. The normalized spacial score (nSPS) is 14.3. The summed E-state index contributed by atoms with van der Waals surface area (Å²) in [5.41, 5.74) is 0.967. The van der Waals surface area contributed by atoms with Gasteiger partial charge >= 0.3 is 0 Å². The van der Waals surface area contributed by atoms with Crippen LogP contribution in [0.25, 0.3) is 0 Å². The van der Waals surface area contributed by atoms with Crippen molar-refractivity contribution in [2.75, 3.05) is 0 Å². The van der Waals surface area contributed by atoms with E-state index < -0.39 is 16.1 Å². The molecule has 0 spiro atoms. The maximum atomic E-state index is 12.6. The molecule has 1 heterocycles. The molecule has 2 rings (SSSR count). The third-order valence-electron chi connectivity index (χ3n) is 3.49. The van der Waals surface area contributed by atoms with E-state index in [9.17, 15) is 8.42 Å². The van der Waals surface area contributed by atoms with E-state index in [0.29, 0.717) is 5.76 Å². The Kier molecular flexibility index (Phi) is 5.21. The van der Waals surface area contributed by atoms with E-state index >= 15 is 0 Å². The van der Waals surface area contributed by atoms with Gasteiger partial charge in [0.15, 0.2) is 0 Å². The lowest BCUT2D eigenvalue weighted by Gasteiger charge is -2.22. The molecule has 0 radical (unpaired) electrons. The highest BCUT2D eigenvalue weighted by Gasteiger charge is 2.27. The molecular formula is C17H21NO3S. The van der Waals surface area contributed by atoms with Crippen LogP contribution in [0.3, 0.4) is 0 Å². The minimum atomic E-state index is -3.62. The molecule has 0 saturated carbocycles. The Bertz CT molecular complexity index is 717. The molecular weight excluding hydrogens is 298 g/mol. The second-order valence-corrected chi connectivity index (χ2v) is 7.04. The summed E-state index contributed by atoms with van der Waals surface area (Å²) in [5.74, 6) is 0.778. The number of nitrogens with one attached hydrogen (secondary N) is 1. The number of sulfonamides is 1. The average molecular weight is 319 g/mol. The molecule has 0 aliphatic carbocycles. The minimum absolute atomic E-state index is 0.193. The lowest BCUT2D eigenvalue weighted by atomic mass is 9.94. The van der Waals surface area contributed by atoms with Crippen LogP contribution in [0.15, 0.2) is 69.7 Å². The standard InChI is InChI=1S/C17H21NO3S/c1-4-15(13(2)3)17(16-11-8-12-21-16)18-22(19,20)14-9-6-5-7-10-14/h4-13,17-18H,1-3H3/b15-4+.